The number of imidazole rings is 1. The van der Waals surface area contributed by atoms with Crippen LogP contribution in [0.3, 0.4) is 0 Å². The summed E-state index contributed by atoms with van der Waals surface area (Å²) in [4.78, 5) is 18.3. The Kier molecular flexibility index (Phi) is 3.81. The van der Waals surface area contributed by atoms with Gasteiger partial charge in [0, 0.05) is 13.1 Å². The summed E-state index contributed by atoms with van der Waals surface area (Å²) in [6.07, 6.45) is 3.33. The molecule has 3 aromatic heterocycles. The molecule has 25 heavy (non-hydrogen) atoms. The number of aromatic nitrogens is 3. The molecule has 0 aliphatic carbocycles. The van der Waals surface area contributed by atoms with Crippen LogP contribution in [0.4, 0.5) is 0 Å². The third-order valence-corrected chi connectivity index (χ3v) is 3.95. The van der Waals surface area contributed by atoms with Crippen LogP contribution >= 0.6 is 0 Å². The molecule has 4 aromatic rings. The Hall–Kier alpha value is -3.35. The molecular formula is C18H16N4O3. The molecule has 0 saturated carbocycles. The van der Waals surface area contributed by atoms with Gasteiger partial charge in [0.05, 0.1) is 36.7 Å². The van der Waals surface area contributed by atoms with Crippen molar-refractivity contribution in [3.8, 4) is 0 Å². The molecule has 126 valence electrons. The molecule has 1 amide bonds. The van der Waals surface area contributed by atoms with Crippen LogP contribution in [0.25, 0.3) is 11.0 Å². The third kappa shape index (κ3) is 3.03. The monoisotopic (exact) mass is 336 g/mol. The van der Waals surface area contributed by atoms with Gasteiger partial charge >= 0.3 is 0 Å². The first-order chi connectivity index (χ1) is 12.2. The van der Waals surface area contributed by atoms with E-state index < -0.39 is 0 Å². The molecule has 0 saturated heterocycles. The lowest BCUT2D eigenvalue weighted by Gasteiger charge is -2.13. The number of carbonyl (C=O) groups excluding carboxylic acids is 1. The summed E-state index contributed by atoms with van der Waals surface area (Å²) in [6.45, 7) is 0.836. The van der Waals surface area contributed by atoms with Crippen molar-refractivity contribution in [2.24, 2.45) is 0 Å². The molecule has 0 N–H and O–H groups in total. The lowest BCUT2D eigenvalue weighted by atomic mass is 10.3. The Bertz CT molecular complexity index is 1000. The van der Waals surface area contributed by atoms with Crippen molar-refractivity contribution in [3.63, 3.8) is 0 Å². The SMILES string of the molecule is CN(Cc1ccco1)C(=O)c1cc(Cn2cnc3ccccc32)on1. The number of nitrogens with zero attached hydrogens (tertiary/aromatic N) is 4. The van der Waals surface area contributed by atoms with E-state index in [9.17, 15) is 4.79 Å². The highest BCUT2D eigenvalue weighted by Gasteiger charge is 2.18. The second-order valence-electron chi connectivity index (χ2n) is 5.78. The summed E-state index contributed by atoms with van der Waals surface area (Å²) >= 11 is 0. The Morgan fingerprint density at radius 3 is 2.92 bits per heavy atom. The van der Waals surface area contributed by atoms with Crippen LogP contribution < -0.4 is 0 Å². The number of hydrogen-bond donors (Lipinski definition) is 0. The van der Waals surface area contributed by atoms with E-state index >= 15 is 0 Å². The topological polar surface area (TPSA) is 77.3 Å². The average molecular weight is 336 g/mol. The molecule has 0 aliphatic heterocycles. The van der Waals surface area contributed by atoms with Crippen molar-refractivity contribution in [1.29, 1.82) is 0 Å². The first-order valence-corrected chi connectivity index (χ1v) is 7.84. The van der Waals surface area contributed by atoms with Crippen LogP contribution in [0.15, 0.2) is 64.0 Å². The molecule has 7 heteroatoms. The van der Waals surface area contributed by atoms with Crippen molar-refractivity contribution in [2.75, 3.05) is 7.05 Å². The number of para-hydroxylation sites is 2. The molecule has 4 rings (SSSR count). The zero-order valence-corrected chi connectivity index (χ0v) is 13.6. The fraction of sp³-hybridized carbons (Fsp3) is 0.167. The van der Waals surface area contributed by atoms with E-state index in [4.69, 9.17) is 8.94 Å². The normalized spacial score (nSPS) is 11.1. The molecule has 3 heterocycles. The van der Waals surface area contributed by atoms with Crippen molar-refractivity contribution in [1.82, 2.24) is 19.6 Å². The summed E-state index contributed by atoms with van der Waals surface area (Å²) in [5.74, 6) is 1.09. The van der Waals surface area contributed by atoms with Crippen LogP contribution in [0, 0.1) is 0 Å². The number of rotatable bonds is 5. The minimum Gasteiger partial charge on any atom is -0.467 e. The van der Waals surface area contributed by atoms with E-state index in [0.717, 1.165) is 11.0 Å². The predicted octanol–water partition coefficient (Wildman–Crippen LogP) is 2.94. The summed E-state index contributed by atoms with van der Waals surface area (Å²) < 4.78 is 12.5. The van der Waals surface area contributed by atoms with Gasteiger partial charge in [-0.25, -0.2) is 4.98 Å². The molecule has 0 aliphatic rings. The van der Waals surface area contributed by atoms with Crippen LogP contribution in [0.1, 0.15) is 22.0 Å². The Balaban J connectivity index is 1.49. The maximum Gasteiger partial charge on any atom is 0.276 e. The summed E-state index contributed by atoms with van der Waals surface area (Å²) in [6, 6.07) is 13.1. The van der Waals surface area contributed by atoms with E-state index in [2.05, 4.69) is 10.1 Å². The van der Waals surface area contributed by atoms with Gasteiger partial charge in [0.25, 0.3) is 5.91 Å². The van der Waals surface area contributed by atoms with E-state index in [1.54, 1.807) is 31.8 Å². The fourth-order valence-corrected chi connectivity index (χ4v) is 2.70. The minimum absolute atomic E-state index is 0.220. The number of furan rings is 1. The first-order valence-electron chi connectivity index (χ1n) is 7.84. The quantitative estimate of drug-likeness (QED) is 0.560. The predicted molar refractivity (Wildman–Crippen MR) is 89.8 cm³/mol. The van der Waals surface area contributed by atoms with Crippen molar-refractivity contribution in [2.45, 2.75) is 13.1 Å². The summed E-state index contributed by atoms with van der Waals surface area (Å²) in [5, 5.41) is 3.90. The minimum atomic E-state index is -0.220. The summed E-state index contributed by atoms with van der Waals surface area (Å²) in [5.41, 5.74) is 2.19. The molecular weight excluding hydrogens is 320 g/mol. The van der Waals surface area contributed by atoms with Crippen molar-refractivity contribution in [3.05, 3.63) is 72.3 Å². The lowest BCUT2D eigenvalue weighted by Crippen LogP contribution is -2.26. The van der Waals surface area contributed by atoms with Crippen LogP contribution in [-0.2, 0) is 13.1 Å². The average Bonchev–Trinajstić information content (AvgIpc) is 3.36. The molecule has 0 fully saturated rings. The number of carbonyl (C=O) groups is 1. The highest BCUT2D eigenvalue weighted by Crippen LogP contribution is 2.15. The Morgan fingerprint density at radius 1 is 1.20 bits per heavy atom. The van der Waals surface area contributed by atoms with Crippen LogP contribution in [-0.4, -0.2) is 32.6 Å². The zero-order chi connectivity index (χ0) is 17.2. The van der Waals surface area contributed by atoms with E-state index in [1.165, 1.54) is 4.90 Å². The maximum absolute atomic E-state index is 12.4. The smallest absolute Gasteiger partial charge is 0.276 e. The van der Waals surface area contributed by atoms with Gasteiger partial charge in [0.1, 0.15) is 5.76 Å². The number of amides is 1. The molecule has 0 atom stereocenters. The first kappa shape index (κ1) is 15.2. The van der Waals surface area contributed by atoms with Gasteiger partial charge in [-0.2, -0.15) is 0 Å². The van der Waals surface area contributed by atoms with Crippen molar-refractivity contribution < 1.29 is 13.7 Å². The molecule has 0 unspecified atom stereocenters. The van der Waals surface area contributed by atoms with Gasteiger partial charge in [-0.1, -0.05) is 17.3 Å². The summed E-state index contributed by atoms with van der Waals surface area (Å²) in [7, 11) is 1.70. The van der Waals surface area contributed by atoms with Gasteiger partial charge in [0.15, 0.2) is 11.5 Å². The van der Waals surface area contributed by atoms with Gasteiger partial charge in [0.2, 0.25) is 0 Å². The molecule has 0 radical (unpaired) electrons. The molecule has 1 aromatic carbocycles. The Morgan fingerprint density at radius 2 is 2.08 bits per heavy atom. The standard InChI is InChI=1S/C18H16N4O3/c1-21(10-13-5-4-8-24-13)18(23)16-9-14(25-20-16)11-22-12-19-15-6-2-3-7-17(15)22/h2-9,12H,10-11H2,1H3. The van der Waals surface area contributed by atoms with Crippen LogP contribution in [0.2, 0.25) is 0 Å². The van der Waals surface area contributed by atoms with E-state index in [0.29, 0.717) is 24.6 Å². The third-order valence-electron chi connectivity index (χ3n) is 3.95. The van der Waals surface area contributed by atoms with Crippen LogP contribution in [0.5, 0.6) is 0 Å². The maximum atomic E-state index is 12.4. The lowest BCUT2D eigenvalue weighted by molar-refractivity contribution is 0.0765. The highest BCUT2D eigenvalue weighted by molar-refractivity contribution is 5.92. The van der Waals surface area contributed by atoms with Gasteiger partial charge < -0.3 is 18.4 Å². The number of fused-ring (bicyclic) bond motifs is 1. The second kappa shape index (κ2) is 6.27. The highest BCUT2D eigenvalue weighted by atomic mass is 16.5. The van der Waals surface area contributed by atoms with Gasteiger partial charge in [-0.3, -0.25) is 4.79 Å². The van der Waals surface area contributed by atoms with Gasteiger partial charge in [-0.15, -0.1) is 0 Å². The van der Waals surface area contributed by atoms with Crippen molar-refractivity contribution >= 4 is 16.9 Å². The van der Waals surface area contributed by atoms with Gasteiger partial charge in [-0.05, 0) is 24.3 Å². The largest absolute Gasteiger partial charge is 0.467 e. The fourth-order valence-electron chi connectivity index (χ4n) is 2.70. The Labute approximate surface area is 143 Å². The number of benzene rings is 1. The molecule has 0 spiro atoms. The molecule has 0 bridgehead atoms. The zero-order valence-electron chi connectivity index (χ0n) is 13.6. The molecule has 7 nitrogen and oxygen atoms in total. The van der Waals surface area contributed by atoms with E-state index in [1.807, 2.05) is 34.9 Å². The number of hydrogen-bond acceptors (Lipinski definition) is 5. The second-order valence-corrected chi connectivity index (χ2v) is 5.78. The van der Waals surface area contributed by atoms with E-state index in [-0.39, 0.29) is 11.6 Å².